The number of halogens is 1. The monoisotopic (exact) mass is 282 g/mol. The molecule has 2 unspecified atom stereocenters. The van der Waals surface area contributed by atoms with Gasteiger partial charge < -0.3 is 4.74 Å². The first-order valence-corrected chi connectivity index (χ1v) is 6.60. The van der Waals surface area contributed by atoms with Crippen LogP contribution < -0.4 is 4.74 Å². The lowest BCUT2D eigenvalue weighted by molar-refractivity contribution is -0.135. The number of ether oxygens (including phenoxy) is 1. The average molecular weight is 283 g/mol. The molecule has 0 N–H and O–H groups in total. The number of hydrogen-bond acceptors (Lipinski definition) is 2. The van der Waals surface area contributed by atoms with E-state index in [2.05, 4.69) is 28.9 Å². The number of alkyl halides is 1. The molecule has 0 bridgehead atoms. The lowest BCUT2D eigenvalue weighted by Gasteiger charge is -2.28. The van der Waals surface area contributed by atoms with Crippen molar-refractivity contribution < 1.29 is 9.53 Å². The maximum atomic E-state index is 11.7. The largest absolute Gasteiger partial charge is 0.425 e. The van der Waals surface area contributed by atoms with Crippen molar-refractivity contribution in [3.05, 3.63) is 29.8 Å². The predicted molar refractivity (Wildman–Crippen MR) is 67.1 cm³/mol. The number of benzene rings is 1. The van der Waals surface area contributed by atoms with Crippen LogP contribution in [0, 0.1) is 0 Å². The van der Waals surface area contributed by atoms with Gasteiger partial charge in [-0.25, -0.2) is 0 Å². The van der Waals surface area contributed by atoms with Crippen LogP contribution in [0.3, 0.4) is 0 Å². The molecule has 2 atom stereocenters. The van der Waals surface area contributed by atoms with Gasteiger partial charge in [-0.15, -0.1) is 0 Å². The second-order valence-electron chi connectivity index (χ2n) is 4.11. The molecular weight excluding hydrogens is 268 g/mol. The van der Waals surface area contributed by atoms with Gasteiger partial charge in [-0.1, -0.05) is 53.9 Å². The summed E-state index contributed by atoms with van der Waals surface area (Å²) in [5.74, 6) is 0.807. The van der Waals surface area contributed by atoms with Crippen molar-refractivity contribution >= 4 is 21.9 Å². The molecule has 86 valence electrons. The van der Waals surface area contributed by atoms with Crippen molar-refractivity contribution in [2.75, 3.05) is 0 Å². The van der Waals surface area contributed by atoms with E-state index < -0.39 is 0 Å². The van der Waals surface area contributed by atoms with Crippen molar-refractivity contribution in [1.82, 2.24) is 0 Å². The third-order valence-corrected chi connectivity index (χ3v) is 3.99. The van der Waals surface area contributed by atoms with E-state index in [1.165, 1.54) is 0 Å². The van der Waals surface area contributed by atoms with Gasteiger partial charge in [-0.3, -0.25) is 4.79 Å². The van der Waals surface area contributed by atoms with Gasteiger partial charge in [0.05, 0.1) is 0 Å². The van der Waals surface area contributed by atoms with Crippen LogP contribution >= 0.6 is 15.9 Å². The molecule has 0 amide bonds. The molecule has 1 heterocycles. The third-order valence-electron chi connectivity index (χ3n) is 2.98. The Labute approximate surface area is 104 Å². The number of para-hydroxylation sites is 1. The van der Waals surface area contributed by atoms with Crippen LogP contribution in [0.2, 0.25) is 0 Å². The number of fused-ring (bicyclic) bond motifs is 1. The van der Waals surface area contributed by atoms with Crippen LogP contribution in [0.1, 0.15) is 37.7 Å². The second kappa shape index (κ2) is 5.00. The summed E-state index contributed by atoms with van der Waals surface area (Å²) >= 11 is 3.45. The maximum absolute atomic E-state index is 11.7. The van der Waals surface area contributed by atoms with Gasteiger partial charge in [-0.05, 0) is 18.1 Å². The number of carbonyl (C=O) groups is 1. The van der Waals surface area contributed by atoms with E-state index >= 15 is 0 Å². The minimum atomic E-state index is -0.200. The molecule has 3 heteroatoms. The highest BCUT2D eigenvalue weighted by atomic mass is 79.9. The standard InChI is InChI=1S/C13H15BrO2/c1-2-3-6-10-9-7-4-5-8-11(9)16-13(15)12(10)14/h4-5,7-8,10,12H,2-3,6H2,1H3. The van der Waals surface area contributed by atoms with Crippen LogP contribution in [0.4, 0.5) is 0 Å². The lowest BCUT2D eigenvalue weighted by atomic mass is 9.88. The number of unbranched alkanes of at least 4 members (excludes halogenated alkanes) is 1. The summed E-state index contributed by atoms with van der Waals surface area (Å²) in [6.07, 6.45) is 3.31. The fourth-order valence-electron chi connectivity index (χ4n) is 2.09. The summed E-state index contributed by atoms with van der Waals surface area (Å²) < 4.78 is 5.27. The van der Waals surface area contributed by atoms with E-state index in [9.17, 15) is 4.79 Å². The van der Waals surface area contributed by atoms with E-state index in [1.54, 1.807) is 0 Å². The highest BCUT2D eigenvalue weighted by Crippen LogP contribution is 2.40. The first kappa shape index (κ1) is 11.6. The van der Waals surface area contributed by atoms with Crippen LogP contribution in [0.5, 0.6) is 5.75 Å². The molecule has 0 saturated heterocycles. The lowest BCUT2D eigenvalue weighted by Crippen LogP contribution is -2.32. The Bertz CT molecular complexity index is 389. The number of hydrogen-bond donors (Lipinski definition) is 0. The van der Waals surface area contributed by atoms with Gasteiger partial charge >= 0.3 is 5.97 Å². The summed E-state index contributed by atoms with van der Waals surface area (Å²) in [5, 5.41) is 0. The fraction of sp³-hybridized carbons (Fsp3) is 0.462. The molecule has 16 heavy (non-hydrogen) atoms. The van der Waals surface area contributed by atoms with Crippen molar-refractivity contribution in [2.45, 2.75) is 36.9 Å². The van der Waals surface area contributed by atoms with Crippen LogP contribution in [0.25, 0.3) is 0 Å². The molecule has 1 aromatic carbocycles. The van der Waals surface area contributed by atoms with Crippen molar-refractivity contribution in [3.63, 3.8) is 0 Å². The molecular formula is C13H15BrO2. The van der Waals surface area contributed by atoms with Gasteiger partial charge in [0, 0.05) is 5.92 Å². The minimum absolute atomic E-state index is 0.167. The number of carbonyl (C=O) groups excluding carboxylic acids is 1. The Morgan fingerprint density at radius 1 is 1.38 bits per heavy atom. The predicted octanol–water partition coefficient (Wildman–Crippen LogP) is 3.64. The van der Waals surface area contributed by atoms with Crippen molar-refractivity contribution in [1.29, 1.82) is 0 Å². The molecule has 0 radical (unpaired) electrons. The van der Waals surface area contributed by atoms with Gasteiger partial charge in [0.1, 0.15) is 10.6 Å². The first-order valence-electron chi connectivity index (χ1n) is 5.68. The smallest absolute Gasteiger partial charge is 0.325 e. The number of rotatable bonds is 3. The quantitative estimate of drug-likeness (QED) is 0.481. The normalized spacial score (nSPS) is 23.8. The van der Waals surface area contributed by atoms with E-state index in [1.807, 2.05) is 18.2 Å². The molecule has 0 aliphatic carbocycles. The summed E-state index contributed by atoms with van der Waals surface area (Å²) in [6.45, 7) is 2.16. The van der Waals surface area contributed by atoms with E-state index in [-0.39, 0.29) is 16.7 Å². The van der Waals surface area contributed by atoms with Gasteiger partial charge in [0.25, 0.3) is 0 Å². The third kappa shape index (κ3) is 2.14. The molecule has 2 nitrogen and oxygen atoms in total. The maximum Gasteiger partial charge on any atom is 0.325 e. The zero-order valence-electron chi connectivity index (χ0n) is 9.28. The molecule has 1 aliphatic rings. The Balaban J connectivity index is 2.30. The molecule has 2 rings (SSSR count). The zero-order chi connectivity index (χ0) is 11.5. The molecule has 0 fully saturated rings. The highest BCUT2D eigenvalue weighted by Gasteiger charge is 2.34. The summed E-state index contributed by atoms with van der Waals surface area (Å²) in [7, 11) is 0. The average Bonchev–Trinajstić information content (AvgIpc) is 2.30. The Morgan fingerprint density at radius 2 is 2.12 bits per heavy atom. The van der Waals surface area contributed by atoms with Crippen LogP contribution in [-0.2, 0) is 4.79 Å². The first-order chi connectivity index (χ1) is 7.74. The van der Waals surface area contributed by atoms with E-state index in [4.69, 9.17) is 4.74 Å². The van der Waals surface area contributed by atoms with E-state index in [0.717, 1.165) is 30.6 Å². The summed E-state index contributed by atoms with van der Waals surface area (Å²) in [4.78, 5) is 11.5. The van der Waals surface area contributed by atoms with Crippen LogP contribution in [0.15, 0.2) is 24.3 Å². The molecule has 1 aliphatic heterocycles. The summed E-state index contributed by atoms with van der Waals surface area (Å²) in [5.41, 5.74) is 1.15. The minimum Gasteiger partial charge on any atom is -0.425 e. The SMILES string of the molecule is CCCCC1c2ccccc2OC(=O)C1Br. The number of esters is 1. The molecule has 0 aromatic heterocycles. The zero-order valence-corrected chi connectivity index (χ0v) is 10.9. The second-order valence-corrected chi connectivity index (χ2v) is 5.10. The van der Waals surface area contributed by atoms with Gasteiger partial charge in [-0.2, -0.15) is 0 Å². The molecule has 1 aromatic rings. The Kier molecular flexibility index (Phi) is 3.64. The Morgan fingerprint density at radius 3 is 2.88 bits per heavy atom. The van der Waals surface area contributed by atoms with Gasteiger partial charge in [0.2, 0.25) is 0 Å². The molecule has 0 saturated carbocycles. The fourth-order valence-corrected chi connectivity index (χ4v) is 2.73. The van der Waals surface area contributed by atoms with Crippen LogP contribution in [-0.4, -0.2) is 10.8 Å². The highest BCUT2D eigenvalue weighted by molar-refractivity contribution is 9.10. The Hall–Kier alpha value is -0.830. The summed E-state index contributed by atoms with van der Waals surface area (Å²) in [6, 6.07) is 7.82. The van der Waals surface area contributed by atoms with Gasteiger partial charge in [0.15, 0.2) is 0 Å². The van der Waals surface area contributed by atoms with Crippen molar-refractivity contribution in [2.24, 2.45) is 0 Å². The van der Waals surface area contributed by atoms with Crippen molar-refractivity contribution in [3.8, 4) is 5.75 Å². The van der Waals surface area contributed by atoms with E-state index in [0.29, 0.717) is 0 Å². The molecule has 0 spiro atoms. The topological polar surface area (TPSA) is 26.3 Å².